The largest absolute Gasteiger partial charge is 0.481 e. The quantitative estimate of drug-likeness (QED) is 0.187. The molecule has 6 aliphatic rings. The Bertz CT molecular complexity index is 1360. The van der Waals surface area contributed by atoms with Gasteiger partial charge in [0.25, 0.3) is 0 Å². The molecule has 7 nitrogen and oxygen atoms in total. The maximum atomic E-state index is 14.0. The highest BCUT2D eigenvalue weighted by Crippen LogP contribution is 2.73. The Hall–Kier alpha value is -1.73. The van der Waals surface area contributed by atoms with E-state index < -0.39 is 11.4 Å². The molecule has 8 atom stereocenters. The number of ketones is 1. The van der Waals surface area contributed by atoms with Gasteiger partial charge in [-0.15, -0.1) is 0 Å². The summed E-state index contributed by atoms with van der Waals surface area (Å²) in [4.78, 5) is 41.5. The molecule has 0 amide bonds. The lowest BCUT2D eigenvalue weighted by molar-refractivity contribution is -0.214. The van der Waals surface area contributed by atoms with E-state index in [4.69, 9.17) is 4.74 Å². The van der Waals surface area contributed by atoms with Crippen molar-refractivity contribution in [2.45, 2.75) is 145 Å². The van der Waals surface area contributed by atoms with Crippen molar-refractivity contribution in [2.75, 3.05) is 33.2 Å². The molecule has 6 aliphatic carbocycles. The Labute approximate surface area is 303 Å². The molecule has 6 rings (SSSR count). The van der Waals surface area contributed by atoms with E-state index in [9.17, 15) is 19.5 Å². The maximum absolute atomic E-state index is 14.0. The van der Waals surface area contributed by atoms with Gasteiger partial charge in [0, 0.05) is 36.9 Å². The Balaban J connectivity index is 1.23. The first kappa shape index (κ1) is 38.0. The van der Waals surface area contributed by atoms with Crippen LogP contribution in [0.25, 0.3) is 0 Å². The summed E-state index contributed by atoms with van der Waals surface area (Å²) >= 11 is 0. The molecule has 0 spiro atoms. The first-order chi connectivity index (χ1) is 23.4. The third-order valence-corrected chi connectivity index (χ3v) is 15.9. The van der Waals surface area contributed by atoms with Gasteiger partial charge in [-0.05, 0) is 150 Å². The molecule has 0 saturated heterocycles. The molecular weight excluding hydrogens is 624 g/mol. The Morgan fingerprint density at radius 3 is 2.28 bits per heavy atom. The molecule has 0 bridgehead atoms. The summed E-state index contributed by atoms with van der Waals surface area (Å²) in [5.41, 5.74) is 1.95. The zero-order chi connectivity index (χ0) is 36.4. The molecule has 0 aromatic rings. The minimum atomic E-state index is -1.13. The van der Waals surface area contributed by atoms with E-state index in [1.807, 2.05) is 0 Å². The highest BCUT2D eigenvalue weighted by atomic mass is 16.5. The van der Waals surface area contributed by atoms with Crippen LogP contribution in [0.5, 0.6) is 0 Å². The van der Waals surface area contributed by atoms with Gasteiger partial charge in [0.05, 0.1) is 11.8 Å². The van der Waals surface area contributed by atoms with Crippen LogP contribution in [-0.2, 0) is 19.1 Å². The monoisotopic (exact) mass is 695 g/mol. The van der Waals surface area contributed by atoms with Crippen molar-refractivity contribution in [3.05, 3.63) is 11.1 Å². The van der Waals surface area contributed by atoms with Gasteiger partial charge in [0.1, 0.15) is 6.10 Å². The van der Waals surface area contributed by atoms with Gasteiger partial charge < -0.3 is 20.1 Å². The molecule has 8 unspecified atom stereocenters. The number of carbonyl (C=O) groups is 3. The minimum absolute atomic E-state index is 0.0444. The number of Topliss-reactive ketones (excluding diaryl/α,β-unsaturated/α-hetero) is 1. The summed E-state index contributed by atoms with van der Waals surface area (Å²) in [6, 6.07) is 0. The second-order valence-corrected chi connectivity index (χ2v) is 20.1. The molecule has 282 valence electrons. The van der Waals surface area contributed by atoms with Gasteiger partial charge >= 0.3 is 11.9 Å². The Morgan fingerprint density at radius 2 is 1.64 bits per heavy atom. The van der Waals surface area contributed by atoms with Crippen LogP contribution in [0.15, 0.2) is 11.1 Å². The van der Waals surface area contributed by atoms with E-state index in [0.717, 1.165) is 64.1 Å². The van der Waals surface area contributed by atoms with Crippen molar-refractivity contribution in [1.82, 2.24) is 10.2 Å². The normalized spacial score (nSPS) is 38.1. The number of allylic oxidation sites excluding steroid dienone is 2. The van der Waals surface area contributed by atoms with Crippen molar-refractivity contribution in [3.63, 3.8) is 0 Å². The van der Waals surface area contributed by atoms with Gasteiger partial charge in [-0.1, -0.05) is 47.1 Å². The van der Waals surface area contributed by atoms with Crippen molar-refractivity contribution in [2.24, 2.45) is 62.6 Å². The molecule has 0 heterocycles. The lowest BCUT2D eigenvalue weighted by atomic mass is 9.36. The smallest absolute Gasteiger partial charge is 0.309 e. The fourth-order valence-corrected chi connectivity index (χ4v) is 13.2. The van der Waals surface area contributed by atoms with Crippen LogP contribution < -0.4 is 5.32 Å². The number of aliphatic carboxylic acids is 1. The summed E-state index contributed by atoms with van der Waals surface area (Å²) in [6.45, 7) is 22.0. The molecule has 5 fully saturated rings. The van der Waals surface area contributed by atoms with E-state index in [1.54, 1.807) is 19.4 Å². The fraction of sp³-hybridized carbons (Fsp3) is 0.884. The SMILES string of the molecule is CNCCN(CCC12CCC3C(CCC4C3(C)CCC3C(C)(C)C(OC(=O)CC(C)(C)C(=O)O)CCC34C)C1=C(C(C)C)C(=O)C2)CC1CC1. The number of hydrogen-bond acceptors (Lipinski definition) is 6. The van der Waals surface area contributed by atoms with Crippen LogP contribution in [0.4, 0.5) is 0 Å². The standard InChI is InChI=1S/C43H70N2O5/c1-27(2)36-31(46)24-43(20-22-45(23-21-44-9)26-28-10-11-28)19-14-30-29(37(36)43)12-13-33-41(30,7)17-15-32-40(5,6)34(16-18-42(32,33)8)50-35(47)25-39(3,4)38(48)49/h27-30,32-34,44H,10-26H2,1-9H3,(H,48,49). The average molecular weight is 695 g/mol. The molecule has 0 aromatic heterocycles. The van der Waals surface area contributed by atoms with E-state index in [0.29, 0.717) is 29.5 Å². The van der Waals surface area contributed by atoms with Crippen LogP contribution in [0.1, 0.15) is 139 Å². The van der Waals surface area contributed by atoms with Crippen LogP contribution in [-0.4, -0.2) is 67.1 Å². The van der Waals surface area contributed by atoms with Crippen LogP contribution in [0.3, 0.4) is 0 Å². The highest BCUT2D eigenvalue weighted by molar-refractivity contribution is 6.00. The van der Waals surface area contributed by atoms with Gasteiger partial charge in [-0.2, -0.15) is 0 Å². The number of nitrogens with zero attached hydrogens (tertiary/aromatic N) is 1. The topological polar surface area (TPSA) is 95.9 Å². The molecule has 50 heavy (non-hydrogen) atoms. The lowest BCUT2D eigenvalue weighted by Gasteiger charge is -2.69. The number of carboxylic acids is 1. The van der Waals surface area contributed by atoms with Gasteiger partial charge in [0.15, 0.2) is 5.78 Å². The Morgan fingerprint density at radius 1 is 0.940 bits per heavy atom. The van der Waals surface area contributed by atoms with E-state index in [-0.39, 0.29) is 46.1 Å². The second-order valence-electron chi connectivity index (χ2n) is 20.1. The molecule has 2 N–H and O–H groups in total. The van der Waals surface area contributed by atoms with E-state index in [1.165, 1.54) is 50.6 Å². The predicted octanol–water partition coefficient (Wildman–Crippen LogP) is 8.31. The number of esters is 1. The number of rotatable bonds is 13. The zero-order valence-electron chi connectivity index (χ0n) is 33.1. The highest BCUT2D eigenvalue weighted by Gasteiger charge is 2.66. The first-order valence-electron chi connectivity index (χ1n) is 20.5. The van der Waals surface area contributed by atoms with E-state index >= 15 is 0 Å². The zero-order valence-corrected chi connectivity index (χ0v) is 33.1. The van der Waals surface area contributed by atoms with E-state index in [2.05, 4.69) is 58.8 Å². The molecule has 0 radical (unpaired) electrons. The van der Waals surface area contributed by atoms with Crippen molar-refractivity contribution in [1.29, 1.82) is 0 Å². The predicted molar refractivity (Wildman–Crippen MR) is 198 cm³/mol. The van der Waals surface area contributed by atoms with Crippen molar-refractivity contribution >= 4 is 17.7 Å². The van der Waals surface area contributed by atoms with Crippen molar-refractivity contribution < 1.29 is 24.2 Å². The molecular formula is C43H70N2O5. The lowest BCUT2D eigenvalue weighted by Crippen LogP contribution is -2.63. The van der Waals surface area contributed by atoms with Gasteiger partial charge in [0.2, 0.25) is 0 Å². The molecule has 0 aromatic carbocycles. The summed E-state index contributed by atoms with van der Waals surface area (Å²) in [7, 11) is 2.05. The number of nitrogens with one attached hydrogen (secondary N) is 1. The fourth-order valence-electron chi connectivity index (χ4n) is 13.2. The minimum Gasteiger partial charge on any atom is -0.481 e. The number of ether oxygens (including phenoxy) is 1. The average Bonchev–Trinajstić information content (AvgIpc) is 3.78. The third-order valence-electron chi connectivity index (χ3n) is 15.9. The van der Waals surface area contributed by atoms with Gasteiger partial charge in [-0.25, -0.2) is 0 Å². The Kier molecular flexibility index (Phi) is 10.3. The number of hydrogen-bond donors (Lipinski definition) is 2. The maximum Gasteiger partial charge on any atom is 0.309 e. The second kappa shape index (κ2) is 13.6. The van der Waals surface area contributed by atoms with Gasteiger partial charge in [-0.3, -0.25) is 14.4 Å². The molecule has 7 heteroatoms. The summed E-state index contributed by atoms with van der Waals surface area (Å²) < 4.78 is 6.18. The molecule has 0 aliphatic heterocycles. The summed E-state index contributed by atoms with van der Waals surface area (Å²) in [6.07, 6.45) is 13.3. The third kappa shape index (κ3) is 6.56. The van der Waals surface area contributed by atoms with Crippen LogP contribution in [0, 0.1) is 62.6 Å². The summed E-state index contributed by atoms with van der Waals surface area (Å²) in [5, 5.41) is 13.0. The number of carboxylic acid groups (broad SMARTS) is 1. The first-order valence-corrected chi connectivity index (χ1v) is 20.5. The number of fused-ring (bicyclic) bond motifs is 7. The summed E-state index contributed by atoms with van der Waals surface area (Å²) in [5.74, 6) is 2.44. The van der Waals surface area contributed by atoms with Crippen LogP contribution >= 0.6 is 0 Å². The van der Waals surface area contributed by atoms with Crippen molar-refractivity contribution in [3.8, 4) is 0 Å². The van der Waals surface area contributed by atoms with Crippen LogP contribution in [0.2, 0.25) is 0 Å². The molecule has 5 saturated carbocycles. The number of carbonyl (C=O) groups excluding carboxylic acids is 2. The number of likely N-dealkylation sites (N-methyl/N-ethyl adjacent to an activating group) is 1.